The smallest absolute Gasteiger partial charge is 0.339 e. The number of carbonyl (C=O) groups is 1. The molecule has 0 bridgehead atoms. The number of carboxylic acids is 1. The third-order valence-corrected chi connectivity index (χ3v) is 3.15. The van der Waals surface area contributed by atoms with Crippen LogP contribution < -0.4 is 5.32 Å². The van der Waals surface area contributed by atoms with E-state index >= 15 is 0 Å². The summed E-state index contributed by atoms with van der Waals surface area (Å²) in [7, 11) is 1.77. The molecule has 5 heteroatoms. The first kappa shape index (κ1) is 14.7. The number of nitrogens with zero attached hydrogens (tertiary/aromatic N) is 2. The Bertz CT molecular complexity index is 388. The summed E-state index contributed by atoms with van der Waals surface area (Å²) in [5, 5.41) is 16.4. The van der Waals surface area contributed by atoms with Crippen LogP contribution in [0.3, 0.4) is 0 Å². The van der Waals surface area contributed by atoms with E-state index in [1.165, 1.54) is 25.5 Å². The second kappa shape index (κ2) is 7.16. The molecule has 0 saturated heterocycles. The molecule has 0 aliphatic carbocycles. The lowest BCUT2D eigenvalue weighted by Crippen LogP contribution is -2.27. The number of rotatable bonds is 8. The van der Waals surface area contributed by atoms with E-state index in [1.807, 2.05) is 0 Å². The fourth-order valence-electron chi connectivity index (χ4n) is 1.92. The van der Waals surface area contributed by atoms with Gasteiger partial charge in [-0.05, 0) is 13.3 Å². The van der Waals surface area contributed by atoms with Crippen LogP contribution >= 0.6 is 0 Å². The highest BCUT2D eigenvalue weighted by atomic mass is 16.4. The summed E-state index contributed by atoms with van der Waals surface area (Å²) in [6, 6.07) is 0.396. The molecule has 2 N–H and O–H groups in total. The molecule has 102 valence electrons. The fourth-order valence-corrected chi connectivity index (χ4v) is 1.92. The number of aromatic carboxylic acids is 1. The summed E-state index contributed by atoms with van der Waals surface area (Å²) in [5.74, 6) is -0.918. The highest BCUT2D eigenvalue weighted by Gasteiger charge is 2.15. The largest absolute Gasteiger partial charge is 0.478 e. The first-order valence-corrected chi connectivity index (χ1v) is 6.53. The van der Waals surface area contributed by atoms with Gasteiger partial charge in [0, 0.05) is 19.6 Å². The first-order chi connectivity index (χ1) is 8.56. The van der Waals surface area contributed by atoms with Gasteiger partial charge in [-0.3, -0.25) is 4.68 Å². The number of aromatic nitrogens is 2. The van der Waals surface area contributed by atoms with Crippen molar-refractivity contribution in [1.82, 2.24) is 15.1 Å². The van der Waals surface area contributed by atoms with Crippen LogP contribution in [-0.2, 0) is 13.6 Å². The molecule has 1 aromatic rings. The topological polar surface area (TPSA) is 67.2 Å². The van der Waals surface area contributed by atoms with Gasteiger partial charge in [0.1, 0.15) is 5.56 Å². The second-order valence-corrected chi connectivity index (χ2v) is 4.71. The van der Waals surface area contributed by atoms with Gasteiger partial charge < -0.3 is 10.4 Å². The molecule has 0 spiro atoms. The molecule has 0 aliphatic rings. The van der Waals surface area contributed by atoms with Crippen molar-refractivity contribution in [3.8, 4) is 0 Å². The van der Waals surface area contributed by atoms with Crippen molar-refractivity contribution in [1.29, 1.82) is 0 Å². The Morgan fingerprint density at radius 2 is 2.28 bits per heavy atom. The van der Waals surface area contributed by atoms with Crippen LogP contribution in [0.5, 0.6) is 0 Å². The summed E-state index contributed by atoms with van der Waals surface area (Å²) in [6.07, 6.45) is 6.20. The molecule has 0 radical (unpaired) electrons. The molecule has 0 aliphatic heterocycles. The summed E-state index contributed by atoms with van der Waals surface area (Å²) >= 11 is 0. The zero-order chi connectivity index (χ0) is 13.5. The zero-order valence-corrected chi connectivity index (χ0v) is 11.4. The van der Waals surface area contributed by atoms with Gasteiger partial charge in [-0.15, -0.1) is 0 Å². The number of hydrogen-bond donors (Lipinski definition) is 2. The Morgan fingerprint density at radius 1 is 1.56 bits per heavy atom. The van der Waals surface area contributed by atoms with Gasteiger partial charge in [-0.1, -0.05) is 26.2 Å². The summed E-state index contributed by atoms with van der Waals surface area (Å²) in [4.78, 5) is 11.0. The van der Waals surface area contributed by atoms with E-state index in [-0.39, 0.29) is 5.56 Å². The average Bonchev–Trinajstić information content (AvgIpc) is 2.68. The predicted octanol–water partition coefficient (Wildman–Crippen LogP) is 2.18. The van der Waals surface area contributed by atoms with E-state index in [4.69, 9.17) is 5.11 Å². The number of aryl methyl sites for hydroxylation is 1. The predicted molar refractivity (Wildman–Crippen MR) is 70.6 cm³/mol. The minimum atomic E-state index is -0.918. The molecule has 1 atom stereocenters. The third-order valence-electron chi connectivity index (χ3n) is 3.15. The van der Waals surface area contributed by atoms with Gasteiger partial charge >= 0.3 is 5.97 Å². The standard InChI is InChI=1S/C13H23N3O2/c1-4-5-6-7-10(2)14-9-12-11(13(17)18)8-15-16(12)3/h8,10,14H,4-7,9H2,1-3H3,(H,17,18). The SMILES string of the molecule is CCCCCC(C)NCc1c(C(=O)O)cnn1C. The van der Waals surface area contributed by atoms with Crippen LogP contribution in [0.2, 0.25) is 0 Å². The van der Waals surface area contributed by atoms with Crippen molar-refractivity contribution in [3.63, 3.8) is 0 Å². The Kier molecular flexibility index (Phi) is 5.85. The highest BCUT2D eigenvalue weighted by Crippen LogP contribution is 2.09. The molecule has 0 aromatic carbocycles. The van der Waals surface area contributed by atoms with E-state index in [1.54, 1.807) is 11.7 Å². The van der Waals surface area contributed by atoms with Crippen LogP contribution in [0, 0.1) is 0 Å². The van der Waals surface area contributed by atoms with Crippen LogP contribution in [0.15, 0.2) is 6.20 Å². The molecule has 1 aromatic heterocycles. The second-order valence-electron chi connectivity index (χ2n) is 4.71. The maximum atomic E-state index is 11.0. The van der Waals surface area contributed by atoms with Gasteiger partial charge in [0.05, 0.1) is 11.9 Å². The summed E-state index contributed by atoms with van der Waals surface area (Å²) < 4.78 is 1.62. The lowest BCUT2D eigenvalue weighted by molar-refractivity contribution is 0.0695. The highest BCUT2D eigenvalue weighted by molar-refractivity contribution is 5.88. The Hall–Kier alpha value is -1.36. The van der Waals surface area contributed by atoms with Gasteiger partial charge in [-0.2, -0.15) is 5.10 Å². The fraction of sp³-hybridized carbons (Fsp3) is 0.692. The lowest BCUT2D eigenvalue weighted by atomic mass is 10.1. The maximum Gasteiger partial charge on any atom is 0.339 e. The van der Waals surface area contributed by atoms with E-state index < -0.39 is 5.97 Å². The minimum absolute atomic E-state index is 0.283. The van der Waals surface area contributed by atoms with Crippen molar-refractivity contribution in [2.75, 3.05) is 0 Å². The van der Waals surface area contributed by atoms with Gasteiger partial charge in [0.2, 0.25) is 0 Å². The molecule has 0 fully saturated rings. The molecule has 1 unspecified atom stereocenters. The number of unbranched alkanes of at least 4 members (excludes halogenated alkanes) is 2. The minimum Gasteiger partial charge on any atom is -0.478 e. The Labute approximate surface area is 108 Å². The first-order valence-electron chi connectivity index (χ1n) is 6.53. The van der Waals surface area contributed by atoms with E-state index in [0.717, 1.165) is 12.1 Å². The zero-order valence-electron chi connectivity index (χ0n) is 11.4. The number of nitrogens with one attached hydrogen (secondary N) is 1. The molecule has 18 heavy (non-hydrogen) atoms. The van der Waals surface area contributed by atoms with Crippen molar-refractivity contribution < 1.29 is 9.90 Å². The molecule has 0 saturated carbocycles. The van der Waals surface area contributed by atoms with Gasteiger partial charge in [-0.25, -0.2) is 4.79 Å². The monoisotopic (exact) mass is 253 g/mol. The molecular formula is C13H23N3O2. The van der Waals surface area contributed by atoms with Crippen LogP contribution in [0.25, 0.3) is 0 Å². The van der Waals surface area contributed by atoms with Crippen LogP contribution in [0.4, 0.5) is 0 Å². The molecule has 5 nitrogen and oxygen atoms in total. The van der Waals surface area contributed by atoms with E-state index in [2.05, 4.69) is 24.3 Å². The maximum absolute atomic E-state index is 11.0. The number of carboxylic acid groups (broad SMARTS) is 1. The van der Waals surface area contributed by atoms with Crippen LogP contribution in [0.1, 0.15) is 55.6 Å². The van der Waals surface area contributed by atoms with Gasteiger partial charge in [0.15, 0.2) is 0 Å². The van der Waals surface area contributed by atoms with Crippen molar-refractivity contribution in [2.24, 2.45) is 7.05 Å². The summed E-state index contributed by atoms with van der Waals surface area (Å²) in [6.45, 7) is 4.87. The van der Waals surface area contributed by atoms with Crippen molar-refractivity contribution in [2.45, 2.75) is 52.1 Å². The average molecular weight is 253 g/mol. The van der Waals surface area contributed by atoms with E-state index in [0.29, 0.717) is 12.6 Å². The molecule has 1 heterocycles. The molecular weight excluding hydrogens is 230 g/mol. The molecule has 0 amide bonds. The number of hydrogen-bond acceptors (Lipinski definition) is 3. The Balaban J connectivity index is 2.47. The normalized spacial score (nSPS) is 12.6. The van der Waals surface area contributed by atoms with Crippen LogP contribution in [-0.4, -0.2) is 26.9 Å². The quantitative estimate of drug-likeness (QED) is 0.697. The van der Waals surface area contributed by atoms with Gasteiger partial charge in [0.25, 0.3) is 0 Å². The van der Waals surface area contributed by atoms with E-state index in [9.17, 15) is 4.79 Å². The van der Waals surface area contributed by atoms with Crippen molar-refractivity contribution >= 4 is 5.97 Å². The summed E-state index contributed by atoms with van der Waals surface area (Å²) in [5.41, 5.74) is 1.01. The third kappa shape index (κ3) is 4.14. The van der Waals surface area contributed by atoms with Crippen molar-refractivity contribution in [3.05, 3.63) is 17.5 Å². The lowest BCUT2D eigenvalue weighted by Gasteiger charge is -2.14. The Morgan fingerprint density at radius 3 is 2.89 bits per heavy atom. The molecule has 1 rings (SSSR count).